The third-order valence-electron chi connectivity index (χ3n) is 5.59. The van der Waals surface area contributed by atoms with E-state index in [-0.39, 0.29) is 9.22 Å². The minimum atomic E-state index is -3.78. The lowest BCUT2D eigenvalue weighted by molar-refractivity contribution is 0.0571. The summed E-state index contributed by atoms with van der Waals surface area (Å²) in [5, 5.41) is 13.4. The maximum Gasteiger partial charge on any atom is 0.420 e. The third kappa shape index (κ3) is 5.11. The molecule has 3 amide bonds. The number of hydrogen-bond donors (Lipinski definition) is 3. The number of anilines is 1. The summed E-state index contributed by atoms with van der Waals surface area (Å²) < 4.78 is 25.3. The van der Waals surface area contributed by atoms with Crippen LogP contribution >= 0.6 is 11.3 Å². The molecule has 2 aromatic rings. The maximum atomic E-state index is 13.9. The molecule has 2 aliphatic carbocycles. The zero-order valence-electron chi connectivity index (χ0n) is 20.0. The molecule has 184 valence electrons. The highest BCUT2D eigenvalue weighted by Crippen LogP contribution is 2.40. The van der Waals surface area contributed by atoms with Crippen molar-refractivity contribution in [1.82, 2.24) is 9.71 Å². The number of aromatic nitrogens is 1. The van der Waals surface area contributed by atoms with Gasteiger partial charge in [-0.3, -0.25) is 0 Å². The molecule has 9 nitrogen and oxygen atoms in total. The van der Waals surface area contributed by atoms with Gasteiger partial charge in [-0.2, -0.15) is 0 Å². The van der Waals surface area contributed by atoms with E-state index in [1.165, 1.54) is 31.2 Å². The molecule has 0 fully saturated rings. The predicted octanol–water partition coefficient (Wildman–Crippen LogP) is 4.46. The number of rotatable bonds is 4. The minimum absolute atomic E-state index is 0.0388. The second-order valence-electron chi connectivity index (χ2n) is 10.1. The van der Waals surface area contributed by atoms with Crippen molar-refractivity contribution in [3.05, 3.63) is 39.5 Å². The van der Waals surface area contributed by atoms with Crippen molar-refractivity contribution in [2.75, 3.05) is 5.32 Å². The molecule has 1 aromatic heterocycles. The van der Waals surface area contributed by atoms with Gasteiger partial charge < -0.3 is 15.2 Å². The molecule has 0 saturated carbocycles. The molecule has 0 radical (unpaired) electrons. The summed E-state index contributed by atoms with van der Waals surface area (Å²) in [6, 6.07) is 1.39. The molecule has 11 heteroatoms. The number of fused-ring (bicyclic) bond motifs is 2. The number of carbonyl (C=O) groups is 2. The summed E-state index contributed by atoms with van der Waals surface area (Å²) in [6.07, 6.45) is 4.98. The lowest BCUT2D eigenvalue weighted by Crippen LogP contribution is -2.36. The van der Waals surface area contributed by atoms with Gasteiger partial charge >= 0.3 is 12.1 Å². The summed E-state index contributed by atoms with van der Waals surface area (Å²) in [5.74, 6) is 0. The van der Waals surface area contributed by atoms with Crippen LogP contribution in [0.3, 0.4) is 0 Å². The normalized spacial score (nSPS) is 16.5. The fraction of sp³-hybridized carbons (Fsp3) is 0.522. The molecule has 4 rings (SSSR count). The van der Waals surface area contributed by atoms with Gasteiger partial charge in [-0.15, -0.1) is 15.7 Å². The van der Waals surface area contributed by atoms with E-state index in [9.17, 15) is 18.9 Å². The summed E-state index contributed by atoms with van der Waals surface area (Å²) >= 11 is 0.911. The topological polar surface area (TPSA) is 130 Å². The largest absolute Gasteiger partial charge is 0.443 e. The molecule has 1 aromatic carbocycles. The number of nitrogens with zero attached hydrogens (tertiary/aromatic N) is 2. The Morgan fingerprint density at radius 1 is 1.12 bits per heavy atom. The molecule has 1 heterocycles. The molecular weight excluding hydrogens is 476 g/mol. The van der Waals surface area contributed by atoms with Crippen molar-refractivity contribution in [3.63, 3.8) is 0 Å². The Morgan fingerprint density at radius 2 is 1.79 bits per heavy atom. The zero-order valence-corrected chi connectivity index (χ0v) is 21.6. The van der Waals surface area contributed by atoms with Crippen LogP contribution in [0, 0.1) is 0 Å². The summed E-state index contributed by atoms with van der Waals surface area (Å²) in [7, 11) is -3.78. The minimum Gasteiger partial charge on any atom is -0.443 e. The number of hydrogen-bond acceptors (Lipinski definition) is 7. The van der Waals surface area contributed by atoms with Gasteiger partial charge in [-0.1, -0.05) is 6.07 Å². The Labute approximate surface area is 203 Å². The first-order valence-electron chi connectivity index (χ1n) is 11.2. The van der Waals surface area contributed by atoms with Gasteiger partial charge in [0, 0.05) is 5.69 Å². The maximum absolute atomic E-state index is 13.9. The van der Waals surface area contributed by atoms with Crippen LogP contribution in [0.2, 0.25) is 0 Å². The van der Waals surface area contributed by atoms with E-state index < -0.39 is 33.2 Å². The standard InChI is InChI=1S/C23H30N4O5S2/c1-22(2,3)32-21(29)27-34(31,17-12-24-19(33-17)23(4,5)30)26-20(28)25-18-15-8-6-7-13(15)11-14-9-10-16(14)18/h11-12,30H,6-10H2,1-5H3,(H2,25,26,27,28,29,31). The Hall–Kier alpha value is -2.50. The average Bonchev–Trinajstić information content (AvgIpc) is 3.31. The van der Waals surface area contributed by atoms with Gasteiger partial charge in [-0.25, -0.2) is 23.5 Å². The zero-order chi connectivity index (χ0) is 24.9. The summed E-state index contributed by atoms with van der Waals surface area (Å²) in [6.45, 7) is 8.09. The molecule has 34 heavy (non-hydrogen) atoms. The first-order valence-corrected chi connectivity index (χ1v) is 13.5. The Morgan fingerprint density at radius 3 is 2.38 bits per heavy atom. The van der Waals surface area contributed by atoms with E-state index in [0.29, 0.717) is 0 Å². The second-order valence-corrected chi connectivity index (χ2v) is 13.2. The number of aliphatic hydroxyl groups is 1. The van der Waals surface area contributed by atoms with Gasteiger partial charge in [0.25, 0.3) is 0 Å². The van der Waals surface area contributed by atoms with E-state index in [1.807, 2.05) is 0 Å². The fourth-order valence-corrected chi connectivity index (χ4v) is 6.60. The molecule has 2 aliphatic rings. The summed E-state index contributed by atoms with van der Waals surface area (Å²) in [5.41, 5.74) is 3.29. The fourth-order valence-electron chi connectivity index (χ4n) is 4.04. The molecular formula is C23H30N4O5S2. The van der Waals surface area contributed by atoms with Crippen molar-refractivity contribution in [2.24, 2.45) is 4.36 Å². The van der Waals surface area contributed by atoms with Crippen molar-refractivity contribution >= 4 is 39.1 Å². The van der Waals surface area contributed by atoms with E-state index in [2.05, 4.69) is 25.5 Å². The van der Waals surface area contributed by atoms with E-state index in [0.717, 1.165) is 60.3 Å². The Balaban J connectivity index is 1.70. The van der Waals surface area contributed by atoms with Gasteiger partial charge in [-0.05, 0) is 89.0 Å². The van der Waals surface area contributed by atoms with Gasteiger partial charge in [0.05, 0.1) is 6.20 Å². The van der Waals surface area contributed by atoms with E-state index >= 15 is 0 Å². The Bertz CT molecular complexity index is 1280. The molecule has 0 spiro atoms. The van der Waals surface area contributed by atoms with Crippen LogP contribution in [0.5, 0.6) is 0 Å². The highest BCUT2D eigenvalue weighted by atomic mass is 32.2. The van der Waals surface area contributed by atoms with Gasteiger partial charge in [0.1, 0.15) is 20.4 Å². The van der Waals surface area contributed by atoms with E-state index in [1.54, 1.807) is 20.8 Å². The number of benzene rings is 1. The molecule has 1 atom stereocenters. The van der Waals surface area contributed by atoms with Crippen LogP contribution in [-0.2, 0) is 45.9 Å². The Kier molecular flexibility index (Phi) is 6.24. The lowest BCUT2D eigenvalue weighted by Gasteiger charge is -2.25. The number of ether oxygens (including phenoxy) is 1. The van der Waals surface area contributed by atoms with Crippen molar-refractivity contribution in [3.8, 4) is 0 Å². The van der Waals surface area contributed by atoms with Gasteiger partial charge in [0.15, 0.2) is 9.92 Å². The van der Waals surface area contributed by atoms with Crippen LogP contribution < -0.4 is 10.0 Å². The highest BCUT2D eigenvalue weighted by Gasteiger charge is 2.30. The van der Waals surface area contributed by atoms with Crippen molar-refractivity contribution in [1.29, 1.82) is 0 Å². The van der Waals surface area contributed by atoms with Crippen LogP contribution in [0.15, 0.2) is 20.8 Å². The number of carbonyl (C=O) groups excluding carboxylic acids is 2. The van der Waals surface area contributed by atoms with Crippen LogP contribution in [0.1, 0.15) is 68.3 Å². The lowest BCUT2D eigenvalue weighted by atomic mass is 9.83. The monoisotopic (exact) mass is 506 g/mol. The number of amides is 3. The molecule has 3 N–H and O–H groups in total. The van der Waals surface area contributed by atoms with Crippen LogP contribution in [-0.4, -0.2) is 32.0 Å². The van der Waals surface area contributed by atoms with Crippen LogP contribution in [0.25, 0.3) is 0 Å². The number of aryl methyl sites for hydroxylation is 2. The average molecular weight is 507 g/mol. The first-order chi connectivity index (χ1) is 15.7. The third-order valence-corrected chi connectivity index (χ3v) is 9.14. The van der Waals surface area contributed by atoms with Crippen molar-refractivity contribution < 1.29 is 23.6 Å². The van der Waals surface area contributed by atoms with E-state index in [4.69, 9.17) is 4.74 Å². The number of thiazole rings is 1. The van der Waals surface area contributed by atoms with Crippen LogP contribution in [0.4, 0.5) is 15.3 Å². The first kappa shape index (κ1) is 24.6. The number of nitrogens with one attached hydrogen (secondary N) is 2. The van der Waals surface area contributed by atoms with Crippen molar-refractivity contribution in [2.45, 2.75) is 82.1 Å². The molecule has 0 aliphatic heterocycles. The second kappa shape index (κ2) is 8.62. The summed E-state index contributed by atoms with van der Waals surface area (Å²) in [4.78, 5) is 29.6. The smallest absolute Gasteiger partial charge is 0.420 e. The molecule has 0 bridgehead atoms. The highest BCUT2D eigenvalue weighted by molar-refractivity contribution is 7.94. The number of urea groups is 1. The SMILES string of the molecule is CC(C)(C)OC(=O)NS(=O)(=NC(=O)Nc1c2c(cc3c1CC3)CCC2)c1cnc(C(C)(C)O)s1. The molecule has 1 unspecified atom stereocenters. The predicted molar refractivity (Wildman–Crippen MR) is 130 cm³/mol. The molecule has 0 saturated heterocycles. The van der Waals surface area contributed by atoms with Gasteiger partial charge in [0.2, 0.25) is 0 Å². The quantitative estimate of drug-likeness (QED) is 0.561.